The first-order valence-corrected chi connectivity index (χ1v) is 8.99. The molecule has 3 nitrogen and oxygen atoms in total. The van der Waals surface area contributed by atoms with Gasteiger partial charge in [-0.2, -0.15) is 0 Å². The highest BCUT2D eigenvalue weighted by Gasteiger charge is 2.28. The fourth-order valence-corrected chi connectivity index (χ4v) is 4.53. The topological polar surface area (TPSA) is 18.5 Å². The van der Waals surface area contributed by atoms with Crippen LogP contribution < -0.4 is 5.32 Å². The van der Waals surface area contributed by atoms with Gasteiger partial charge in [0.25, 0.3) is 0 Å². The van der Waals surface area contributed by atoms with Gasteiger partial charge in [-0.3, -0.25) is 0 Å². The van der Waals surface area contributed by atoms with Crippen molar-refractivity contribution in [2.45, 2.75) is 63.5 Å². The Morgan fingerprint density at radius 2 is 1.80 bits per heavy atom. The van der Waals surface area contributed by atoms with Crippen molar-refractivity contribution in [3.8, 4) is 0 Å². The van der Waals surface area contributed by atoms with Gasteiger partial charge in [0.2, 0.25) is 0 Å². The first kappa shape index (κ1) is 14.8. The van der Waals surface area contributed by atoms with Gasteiger partial charge in [-0.05, 0) is 90.6 Å². The number of hydrogen-bond donors (Lipinski definition) is 1. The van der Waals surface area contributed by atoms with Crippen molar-refractivity contribution in [2.24, 2.45) is 5.92 Å². The second kappa shape index (κ2) is 7.24. The third-order valence-electron chi connectivity index (χ3n) is 6.00. The van der Waals surface area contributed by atoms with E-state index in [4.69, 9.17) is 0 Å². The fraction of sp³-hybridized carbons (Fsp3) is 1.00. The number of likely N-dealkylation sites (tertiary alicyclic amines) is 2. The van der Waals surface area contributed by atoms with Crippen molar-refractivity contribution in [3.63, 3.8) is 0 Å². The third kappa shape index (κ3) is 3.75. The summed E-state index contributed by atoms with van der Waals surface area (Å²) >= 11 is 0. The molecule has 3 heterocycles. The van der Waals surface area contributed by atoms with Crippen LogP contribution in [0.3, 0.4) is 0 Å². The third-order valence-corrected chi connectivity index (χ3v) is 6.00. The van der Waals surface area contributed by atoms with E-state index < -0.39 is 0 Å². The molecule has 0 spiro atoms. The van der Waals surface area contributed by atoms with Gasteiger partial charge in [0, 0.05) is 12.1 Å². The lowest BCUT2D eigenvalue weighted by atomic mass is 9.88. The largest absolute Gasteiger partial charge is 0.314 e. The summed E-state index contributed by atoms with van der Waals surface area (Å²) in [5.74, 6) is 0.964. The standard InChI is InChI=1S/C17H33N3/c1-19-11-3-2-5-16(19)9-14-20-12-7-15(8-13-20)17-6-4-10-18-17/h15-18H,2-14H2,1H3. The molecule has 0 aliphatic carbocycles. The van der Waals surface area contributed by atoms with Crippen molar-refractivity contribution in [3.05, 3.63) is 0 Å². The molecule has 0 aromatic rings. The second-order valence-corrected chi connectivity index (χ2v) is 7.30. The van der Waals surface area contributed by atoms with E-state index in [0.717, 1.165) is 18.0 Å². The molecule has 3 aliphatic rings. The van der Waals surface area contributed by atoms with E-state index in [9.17, 15) is 0 Å². The second-order valence-electron chi connectivity index (χ2n) is 7.30. The van der Waals surface area contributed by atoms with Crippen molar-refractivity contribution < 1.29 is 0 Å². The van der Waals surface area contributed by atoms with E-state index in [2.05, 4.69) is 22.2 Å². The zero-order valence-corrected chi connectivity index (χ0v) is 13.3. The zero-order valence-electron chi connectivity index (χ0n) is 13.3. The number of rotatable bonds is 4. The Hall–Kier alpha value is -0.120. The van der Waals surface area contributed by atoms with Gasteiger partial charge in [-0.15, -0.1) is 0 Å². The first-order valence-electron chi connectivity index (χ1n) is 8.99. The van der Waals surface area contributed by atoms with E-state index in [1.165, 1.54) is 84.1 Å². The van der Waals surface area contributed by atoms with Crippen LogP contribution >= 0.6 is 0 Å². The van der Waals surface area contributed by atoms with E-state index in [1.54, 1.807) is 0 Å². The Morgan fingerprint density at radius 1 is 0.950 bits per heavy atom. The fourth-order valence-electron chi connectivity index (χ4n) is 4.53. The minimum Gasteiger partial charge on any atom is -0.314 e. The molecular formula is C17H33N3. The van der Waals surface area contributed by atoms with Crippen LogP contribution in [0.5, 0.6) is 0 Å². The predicted octanol–water partition coefficient (Wildman–Crippen LogP) is 2.32. The molecule has 2 unspecified atom stereocenters. The first-order chi connectivity index (χ1) is 9.83. The summed E-state index contributed by atoms with van der Waals surface area (Å²) in [6.45, 7) is 6.61. The minimum absolute atomic E-state index is 0.849. The summed E-state index contributed by atoms with van der Waals surface area (Å²) < 4.78 is 0. The average Bonchev–Trinajstić information content (AvgIpc) is 3.01. The highest BCUT2D eigenvalue weighted by molar-refractivity contribution is 4.86. The van der Waals surface area contributed by atoms with E-state index in [1.807, 2.05) is 0 Å². The van der Waals surface area contributed by atoms with Crippen LogP contribution in [-0.4, -0.2) is 61.7 Å². The SMILES string of the molecule is CN1CCCCC1CCN1CCC(C2CCCN2)CC1. The van der Waals surface area contributed by atoms with Crippen molar-refractivity contribution in [2.75, 3.05) is 39.8 Å². The molecule has 0 saturated carbocycles. The average molecular weight is 279 g/mol. The molecule has 3 rings (SSSR count). The van der Waals surface area contributed by atoms with Crippen LogP contribution in [0.2, 0.25) is 0 Å². The van der Waals surface area contributed by atoms with Gasteiger partial charge in [-0.25, -0.2) is 0 Å². The number of piperidine rings is 2. The Labute approximate surface area is 125 Å². The molecule has 0 aromatic heterocycles. The van der Waals surface area contributed by atoms with Crippen LogP contribution in [0, 0.1) is 5.92 Å². The highest BCUT2D eigenvalue weighted by Crippen LogP contribution is 2.26. The van der Waals surface area contributed by atoms with Crippen LogP contribution in [0.25, 0.3) is 0 Å². The normalized spacial score (nSPS) is 34.6. The molecule has 0 amide bonds. The van der Waals surface area contributed by atoms with E-state index in [-0.39, 0.29) is 0 Å². The lowest BCUT2D eigenvalue weighted by Crippen LogP contribution is -2.43. The molecule has 20 heavy (non-hydrogen) atoms. The minimum atomic E-state index is 0.849. The Kier molecular flexibility index (Phi) is 5.36. The van der Waals surface area contributed by atoms with E-state index >= 15 is 0 Å². The summed E-state index contributed by atoms with van der Waals surface area (Å²) in [6, 6.07) is 1.71. The molecule has 3 aliphatic heterocycles. The zero-order chi connectivity index (χ0) is 13.8. The Bertz CT molecular complexity index is 280. The Balaban J connectivity index is 1.35. The van der Waals surface area contributed by atoms with Gasteiger partial charge in [0.15, 0.2) is 0 Å². The monoisotopic (exact) mass is 279 g/mol. The lowest BCUT2D eigenvalue weighted by Gasteiger charge is -2.37. The van der Waals surface area contributed by atoms with E-state index in [0.29, 0.717) is 0 Å². The quantitative estimate of drug-likeness (QED) is 0.852. The van der Waals surface area contributed by atoms with Crippen LogP contribution in [0.15, 0.2) is 0 Å². The van der Waals surface area contributed by atoms with Gasteiger partial charge in [0.05, 0.1) is 0 Å². The van der Waals surface area contributed by atoms with Gasteiger partial charge >= 0.3 is 0 Å². The van der Waals surface area contributed by atoms with Gasteiger partial charge < -0.3 is 15.1 Å². The van der Waals surface area contributed by atoms with Crippen molar-refractivity contribution >= 4 is 0 Å². The maximum atomic E-state index is 3.71. The van der Waals surface area contributed by atoms with Crippen LogP contribution in [0.4, 0.5) is 0 Å². The van der Waals surface area contributed by atoms with Crippen molar-refractivity contribution in [1.82, 2.24) is 15.1 Å². The smallest absolute Gasteiger partial charge is 0.0104 e. The number of nitrogens with one attached hydrogen (secondary N) is 1. The molecule has 3 saturated heterocycles. The molecule has 0 aromatic carbocycles. The van der Waals surface area contributed by atoms with Crippen LogP contribution in [-0.2, 0) is 0 Å². The molecule has 116 valence electrons. The molecule has 3 fully saturated rings. The number of nitrogens with zero attached hydrogens (tertiary/aromatic N) is 2. The molecule has 1 N–H and O–H groups in total. The summed E-state index contributed by atoms with van der Waals surface area (Å²) in [5, 5.41) is 3.71. The predicted molar refractivity (Wildman–Crippen MR) is 85.1 cm³/mol. The van der Waals surface area contributed by atoms with Gasteiger partial charge in [-0.1, -0.05) is 6.42 Å². The molecule has 0 bridgehead atoms. The van der Waals surface area contributed by atoms with Crippen molar-refractivity contribution in [1.29, 1.82) is 0 Å². The summed E-state index contributed by atoms with van der Waals surface area (Å²) in [5.41, 5.74) is 0. The number of hydrogen-bond acceptors (Lipinski definition) is 3. The van der Waals surface area contributed by atoms with Crippen LogP contribution in [0.1, 0.15) is 51.4 Å². The molecule has 0 radical (unpaired) electrons. The Morgan fingerprint density at radius 3 is 2.50 bits per heavy atom. The summed E-state index contributed by atoms with van der Waals surface area (Å²) in [7, 11) is 2.32. The highest BCUT2D eigenvalue weighted by atomic mass is 15.2. The maximum Gasteiger partial charge on any atom is 0.0104 e. The van der Waals surface area contributed by atoms with Gasteiger partial charge in [0.1, 0.15) is 0 Å². The summed E-state index contributed by atoms with van der Waals surface area (Å²) in [6.07, 6.45) is 11.4. The maximum absolute atomic E-state index is 3.71. The molecule has 2 atom stereocenters. The molecule has 3 heteroatoms. The lowest BCUT2D eigenvalue weighted by molar-refractivity contribution is 0.126. The summed E-state index contributed by atoms with van der Waals surface area (Å²) in [4.78, 5) is 5.33. The molecular weight excluding hydrogens is 246 g/mol.